The van der Waals surface area contributed by atoms with Crippen LogP contribution >= 0.6 is 0 Å². The highest BCUT2D eigenvalue weighted by Gasteiger charge is 2.40. The Balaban J connectivity index is 2.79. The Kier molecular flexibility index (Phi) is 5.11. The highest BCUT2D eigenvalue weighted by Crippen LogP contribution is 2.19. The van der Waals surface area contributed by atoms with Crippen molar-refractivity contribution in [2.75, 3.05) is 26.2 Å². The molecule has 0 radical (unpaired) electrons. The van der Waals surface area contributed by atoms with Crippen LogP contribution in [0.15, 0.2) is 12.7 Å². The summed E-state index contributed by atoms with van der Waals surface area (Å²) in [5.41, 5.74) is 0. The maximum absolute atomic E-state index is 12.1. The van der Waals surface area contributed by atoms with Crippen molar-refractivity contribution in [1.82, 2.24) is 9.80 Å². The summed E-state index contributed by atoms with van der Waals surface area (Å²) >= 11 is 0. The van der Waals surface area contributed by atoms with Gasteiger partial charge < -0.3 is 25.1 Å². The van der Waals surface area contributed by atoms with E-state index in [1.807, 2.05) is 0 Å². The number of likely N-dealkylation sites (tertiary alicyclic amines) is 1. The molecule has 0 aromatic heterocycles. The first-order valence-electron chi connectivity index (χ1n) is 5.69. The summed E-state index contributed by atoms with van der Waals surface area (Å²) in [5, 5.41) is 27.3. The Morgan fingerprint density at radius 3 is 2.67 bits per heavy atom. The summed E-state index contributed by atoms with van der Waals surface area (Å²) in [4.78, 5) is 25.5. The number of hydrogen-bond acceptors (Lipinski definition) is 4. The van der Waals surface area contributed by atoms with Gasteiger partial charge in [-0.1, -0.05) is 6.08 Å². The Bertz CT molecular complexity index is 333. The van der Waals surface area contributed by atoms with E-state index in [0.29, 0.717) is 0 Å². The van der Waals surface area contributed by atoms with Crippen molar-refractivity contribution < 1.29 is 24.9 Å². The summed E-state index contributed by atoms with van der Waals surface area (Å²) in [6, 6.07) is -1.52. The smallest absolute Gasteiger partial charge is 0.326 e. The Morgan fingerprint density at radius 2 is 2.17 bits per heavy atom. The summed E-state index contributed by atoms with van der Waals surface area (Å²) in [7, 11) is 0. The first-order valence-corrected chi connectivity index (χ1v) is 5.69. The van der Waals surface area contributed by atoms with Crippen LogP contribution in [0.2, 0.25) is 0 Å². The van der Waals surface area contributed by atoms with Crippen molar-refractivity contribution >= 4 is 12.0 Å². The third-order valence-corrected chi connectivity index (χ3v) is 2.80. The molecule has 0 spiro atoms. The Labute approximate surface area is 105 Å². The molecule has 1 unspecified atom stereocenters. The molecule has 0 aliphatic carbocycles. The second-order valence-electron chi connectivity index (χ2n) is 4.14. The maximum Gasteiger partial charge on any atom is 0.326 e. The van der Waals surface area contributed by atoms with Gasteiger partial charge in [0, 0.05) is 26.1 Å². The molecule has 1 fully saturated rings. The highest BCUT2D eigenvalue weighted by atomic mass is 16.4. The number of aliphatic hydroxyl groups is 2. The Hall–Kier alpha value is -1.60. The van der Waals surface area contributed by atoms with Gasteiger partial charge in [0.1, 0.15) is 6.04 Å². The molecule has 1 aliphatic rings. The lowest BCUT2D eigenvalue weighted by Gasteiger charge is -2.29. The molecule has 0 saturated carbocycles. The van der Waals surface area contributed by atoms with E-state index in [9.17, 15) is 14.7 Å². The lowest BCUT2D eigenvalue weighted by Crippen LogP contribution is -2.49. The number of carboxylic acids is 1. The fourth-order valence-electron chi connectivity index (χ4n) is 1.98. The molecule has 7 heteroatoms. The molecule has 7 nitrogen and oxygen atoms in total. The number of nitrogens with zero attached hydrogens (tertiary/aromatic N) is 2. The van der Waals surface area contributed by atoms with Crippen LogP contribution in [0.1, 0.15) is 6.42 Å². The molecule has 1 saturated heterocycles. The zero-order valence-corrected chi connectivity index (χ0v) is 10.0. The van der Waals surface area contributed by atoms with Crippen LogP contribution in [-0.2, 0) is 4.79 Å². The van der Waals surface area contributed by atoms with Crippen LogP contribution in [0.5, 0.6) is 0 Å². The van der Waals surface area contributed by atoms with Crippen LogP contribution in [0, 0.1) is 0 Å². The fourth-order valence-corrected chi connectivity index (χ4v) is 1.98. The fraction of sp³-hybridized carbons (Fsp3) is 0.636. The molecule has 1 heterocycles. The van der Waals surface area contributed by atoms with Gasteiger partial charge in [0.2, 0.25) is 0 Å². The van der Waals surface area contributed by atoms with E-state index in [1.54, 1.807) is 0 Å². The number of β-amino-alcohol motifs (C(OH)–C–C–N with tert-alkyl or cyclic N) is 1. The lowest BCUT2D eigenvalue weighted by molar-refractivity contribution is -0.141. The number of urea groups is 1. The van der Waals surface area contributed by atoms with E-state index >= 15 is 0 Å². The summed E-state index contributed by atoms with van der Waals surface area (Å²) in [6.07, 6.45) is 0.701. The van der Waals surface area contributed by atoms with Gasteiger partial charge in [-0.15, -0.1) is 6.58 Å². The van der Waals surface area contributed by atoms with Gasteiger partial charge in [-0.05, 0) is 0 Å². The minimum atomic E-state index is -1.14. The predicted octanol–water partition coefficient (Wildman–Crippen LogP) is -0.893. The van der Waals surface area contributed by atoms with Gasteiger partial charge in [-0.2, -0.15) is 0 Å². The van der Waals surface area contributed by atoms with Gasteiger partial charge in [0.05, 0.1) is 12.7 Å². The van der Waals surface area contributed by atoms with Crippen LogP contribution in [-0.4, -0.2) is 75.5 Å². The average molecular weight is 258 g/mol. The van der Waals surface area contributed by atoms with Gasteiger partial charge >= 0.3 is 12.0 Å². The number of rotatable bonds is 5. The third-order valence-electron chi connectivity index (χ3n) is 2.80. The second-order valence-corrected chi connectivity index (χ2v) is 4.14. The topological polar surface area (TPSA) is 101 Å². The summed E-state index contributed by atoms with van der Waals surface area (Å²) < 4.78 is 0. The molecular weight excluding hydrogens is 240 g/mol. The minimum absolute atomic E-state index is 0.00509. The molecule has 0 aromatic rings. The standard InChI is InChI=1S/C11H18N2O5/c1-2-3-12(4-5-14)11(18)13-7-8(15)6-9(13)10(16)17/h2,8-9,14-15H,1,3-7H2,(H,16,17)/t8?,9-/m0/s1. The number of carboxylic acid groups (broad SMARTS) is 1. The van der Waals surface area contributed by atoms with Gasteiger partial charge in [-0.25, -0.2) is 9.59 Å². The zero-order valence-electron chi connectivity index (χ0n) is 10.0. The first-order chi connectivity index (χ1) is 8.51. The van der Waals surface area contributed by atoms with Crippen molar-refractivity contribution in [1.29, 1.82) is 0 Å². The number of carbonyl (C=O) groups is 2. The maximum atomic E-state index is 12.1. The Morgan fingerprint density at radius 1 is 1.50 bits per heavy atom. The molecule has 3 N–H and O–H groups in total. The van der Waals surface area contributed by atoms with Crippen LogP contribution in [0.4, 0.5) is 4.79 Å². The van der Waals surface area contributed by atoms with Crippen molar-refractivity contribution in [3.63, 3.8) is 0 Å². The van der Waals surface area contributed by atoms with E-state index in [-0.39, 0.29) is 32.7 Å². The van der Waals surface area contributed by atoms with Crippen molar-refractivity contribution in [2.24, 2.45) is 0 Å². The molecule has 0 aromatic carbocycles. The van der Waals surface area contributed by atoms with Crippen LogP contribution in [0.25, 0.3) is 0 Å². The molecule has 102 valence electrons. The van der Waals surface area contributed by atoms with E-state index in [2.05, 4.69) is 6.58 Å². The van der Waals surface area contributed by atoms with E-state index in [0.717, 1.165) is 4.90 Å². The predicted molar refractivity (Wildman–Crippen MR) is 63.0 cm³/mol. The first kappa shape index (κ1) is 14.5. The van der Waals surface area contributed by atoms with Gasteiger partial charge in [0.15, 0.2) is 0 Å². The molecule has 0 bridgehead atoms. The SMILES string of the molecule is C=CCN(CCO)C(=O)N1CC(O)C[C@H]1C(=O)O. The van der Waals surface area contributed by atoms with Crippen molar-refractivity contribution in [3.8, 4) is 0 Å². The number of aliphatic carboxylic acids is 1. The highest BCUT2D eigenvalue weighted by molar-refractivity contribution is 5.83. The third kappa shape index (κ3) is 3.21. The monoisotopic (exact) mass is 258 g/mol. The molecular formula is C11H18N2O5. The van der Waals surface area contributed by atoms with Crippen molar-refractivity contribution in [2.45, 2.75) is 18.6 Å². The van der Waals surface area contributed by atoms with E-state index < -0.39 is 24.1 Å². The molecule has 1 aliphatic heterocycles. The average Bonchev–Trinajstić information content (AvgIpc) is 2.70. The number of hydrogen-bond donors (Lipinski definition) is 3. The number of amides is 2. The summed E-state index contributed by atoms with van der Waals surface area (Å²) in [5.74, 6) is -1.14. The van der Waals surface area contributed by atoms with E-state index in [4.69, 9.17) is 10.2 Å². The van der Waals surface area contributed by atoms with E-state index in [1.165, 1.54) is 11.0 Å². The molecule has 2 atom stereocenters. The van der Waals surface area contributed by atoms with Crippen LogP contribution < -0.4 is 0 Å². The number of carbonyl (C=O) groups excluding carboxylic acids is 1. The molecule has 18 heavy (non-hydrogen) atoms. The number of aliphatic hydroxyl groups excluding tert-OH is 2. The van der Waals surface area contributed by atoms with Crippen molar-refractivity contribution in [3.05, 3.63) is 12.7 Å². The molecule has 2 amide bonds. The largest absolute Gasteiger partial charge is 0.480 e. The summed E-state index contributed by atoms with van der Waals surface area (Å²) in [6.45, 7) is 3.60. The lowest BCUT2D eigenvalue weighted by atomic mass is 10.2. The minimum Gasteiger partial charge on any atom is -0.480 e. The normalized spacial score (nSPS) is 22.9. The van der Waals surface area contributed by atoms with Crippen LogP contribution in [0.3, 0.4) is 0 Å². The van der Waals surface area contributed by atoms with Gasteiger partial charge in [-0.3, -0.25) is 0 Å². The van der Waals surface area contributed by atoms with Gasteiger partial charge in [0.25, 0.3) is 0 Å². The quantitative estimate of drug-likeness (QED) is 0.555. The second kappa shape index (κ2) is 6.36. The molecule has 1 rings (SSSR count). The zero-order chi connectivity index (χ0) is 13.7.